The maximum Gasteiger partial charge on any atom is 0.313 e. The van der Waals surface area contributed by atoms with Crippen LogP contribution in [0.25, 0.3) is 0 Å². The molecule has 2 fully saturated rings. The Morgan fingerprint density at radius 2 is 1.54 bits per heavy atom. The summed E-state index contributed by atoms with van der Waals surface area (Å²) in [7, 11) is 1.29. The fourth-order valence-electron chi connectivity index (χ4n) is 7.66. The van der Waals surface area contributed by atoms with Crippen LogP contribution < -0.4 is 0 Å². The van der Waals surface area contributed by atoms with Gasteiger partial charge in [0.2, 0.25) is 0 Å². The molecular weight excluding hydrogens is 484 g/mol. The van der Waals surface area contributed by atoms with Gasteiger partial charge in [0.1, 0.15) is 24.1 Å². The molecule has 1 aromatic rings. The lowest BCUT2D eigenvalue weighted by Gasteiger charge is -2.69. The Kier molecular flexibility index (Phi) is 6.72. The smallest absolute Gasteiger partial charge is 0.313 e. The Bertz CT molecular complexity index is 1100. The highest BCUT2D eigenvalue weighted by molar-refractivity contribution is 5.80. The van der Waals surface area contributed by atoms with Crippen LogP contribution >= 0.6 is 0 Å². The average molecular weight is 521 g/mol. The number of rotatable bonds is 4. The van der Waals surface area contributed by atoms with E-state index in [-0.39, 0.29) is 19.3 Å². The van der Waals surface area contributed by atoms with E-state index >= 15 is 0 Å². The van der Waals surface area contributed by atoms with Gasteiger partial charge in [0.25, 0.3) is 0 Å². The van der Waals surface area contributed by atoms with Crippen LogP contribution in [-0.2, 0) is 44.5 Å². The van der Waals surface area contributed by atoms with Crippen molar-refractivity contribution in [3.63, 3.8) is 0 Å². The molecule has 0 spiro atoms. The molecule has 0 radical (unpaired) electrons. The van der Waals surface area contributed by atoms with Crippen LogP contribution in [0.2, 0.25) is 0 Å². The first-order chi connectivity index (χ1) is 17.2. The van der Waals surface area contributed by atoms with Gasteiger partial charge in [-0.05, 0) is 23.8 Å². The molecule has 2 saturated carbocycles. The van der Waals surface area contributed by atoms with Crippen molar-refractivity contribution in [3.05, 3.63) is 23.7 Å². The molecule has 4 rings (SSSR count). The summed E-state index contributed by atoms with van der Waals surface area (Å²) in [4.78, 5) is 50.0. The molecule has 1 N–H and O–H groups in total. The largest absolute Gasteiger partial charge is 0.469 e. The number of carbonyl (C=O) groups excluding carboxylic acids is 4. The predicted molar refractivity (Wildman–Crippen MR) is 127 cm³/mol. The highest BCUT2D eigenvalue weighted by Gasteiger charge is 2.75. The molecule has 3 aliphatic rings. The van der Waals surface area contributed by atoms with Crippen LogP contribution in [-0.4, -0.2) is 60.0 Å². The third-order valence-electron chi connectivity index (χ3n) is 9.10. The summed E-state index contributed by atoms with van der Waals surface area (Å²) in [5.41, 5.74) is -3.03. The van der Waals surface area contributed by atoms with Crippen LogP contribution in [0.4, 0.5) is 0 Å². The number of hydrogen-bond acceptors (Lipinski definition) is 10. The number of esters is 4. The second-order valence-electron chi connectivity index (χ2n) is 11.4. The van der Waals surface area contributed by atoms with Gasteiger partial charge < -0.3 is 28.5 Å². The van der Waals surface area contributed by atoms with Gasteiger partial charge in [0.05, 0.1) is 24.9 Å². The number of ether oxygens (including phenoxy) is 4. The van der Waals surface area contributed by atoms with E-state index in [1.165, 1.54) is 34.1 Å². The molecule has 0 saturated heterocycles. The van der Waals surface area contributed by atoms with E-state index in [0.717, 1.165) is 0 Å². The maximum atomic E-state index is 13.2. The van der Waals surface area contributed by atoms with Crippen molar-refractivity contribution in [3.8, 4) is 0 Å². The fourth-order valence-corrected chi connectivity index (χ4v) is 7.66. The Hall–Kier alpha value is -2.88. The monoisotopic (exact) mass is 520 g/mol. The summed E-state index contributed by atoms with van der Waals surface area (Å²) in [6.07, 6.45) is -0.763. The maximum absolute atomic E-state index is 13.2. The van der Waals surface area contributed by atoms with Crippen molar-refractivity contribution in [2.75, 3.05) is 7.11 Å². The first kappa shape index (κ1) is 27.2. The summed E-state index contributed by atoms with van der Waals surface area (Å²) in [5, 5.41) is 12.6. The second kappa shape index (κ2) is 9.15. The van der Waals surface area contributed by atoms with Gasteiger partial charge >= 0.3 is 23.9 Å². The predicted octanol–water partition coefficient (Wildman–Crippen LogP) is 2.69. The van der Waals surface area contributed by atoms with E-state index in [1.54, 1.807) is 6.07 Å². The molecule has 10 heteroatoms. The van der Waals surface area contributed by atoms with Gasteiger partial charge in [-0.1, -0.05) is 20.8 Å². The normalized spacial score (nSPS) is 37.7. The minimum atomic E-state index is -1.55. The molecule has 204 valence electrons. The lowest BCUT2D eigenvalue weighted by atomic mass is 9.39. The molecule has 10 nitrogen and oxygen atoms in total. The van der Waals surface area contributed by atoms with Gasteiger partial charge in [-0.2, -0.15) is 0 Å². The van der Waals surface area contributed by atoms with Crippen molar-refractivity contribution in [1.29, 1.82) is 0 Å². The Labute approximate surface area is 215 Å². The van der Waals surface area contributed by atoms with Gasteiger partial charge in [0, 0.05) is 50.5 Å². The summed E-state index contributed by atoms with van der Waals surface area (Å²) in [5.74, 6) is -3.72. The topological polar surface area (TPSA) is 139 Å². The molecule has 0 amide bonds. The van der Waals surface area contributed by atoms with Crippen LogP contribution in [0.15, 0.2) is 16.7 Å². The highest BCUT2D eigenvalue weighted by Crippen LogP contribution is 2.68. The molecule has 1 aromatic heterocycles. The summed E-state index contributed by atoms with van der Waals surface area (Å²) >= 11 is 0. The average Bonchev–Trinajstić information content (AvgIpc) is 3.25. The molecule has 0 bridgehead atoms. The van der Waals surface area contributed by atoms with Crippen molar-refractivity contribution >= 4 is 23.9 Å². The number of carbonyl (C=O) groups is 4. The van der Waals surface area contributed by atoms with E-state index in [4.69, 9.17) is 23.4 Å². The van der Waals surface area contributed by atoms with Crippen molar-refractivity contribution in [2.24, 2.45) is 22.7 Å². The minimum Gasteiger partial charge on any atom is -0.469 e. The molecule has 0 aliphatic heterocycles. The number of hydrogen-bond donors (Lipinski definition) is 1. The Balaban J connectivity index is 1.99. The SMILES string of the molecule is COC(=O)[C@@H]1c2ccoc2C[C@H]2[C@H]1[C@@H](OC(C)=O)C[C@@]1(O)C(C)(C)C[C@H](OC(C)=O)[C@H](OC(C)=O)[C@]21C. The Morgan fingerprint density at radius 3 is 2.11 bits per heavy atom. The zero-order valence-corrected chi connectivity index (χ0v) is 22.4. The number of furan rings is 1. The Morgan fingerprint density at radius 1 is 0.946 bits per heavy atom. The van der Waals surface area contributed by atoms with E-state index in [9.17, 15) is 24.3 Å². The van der Waals surface area contributed by atoms with E-state index in [0.29, 0.717) is 11.3 Å². The van der Waals surface area contributed by atoms with Gasteiger partial charge in [-0.25, -0.2) is 0 Å². The standard InChI is InChI=1S/C27H36O10/c1-13(28)35-19-12-27(32)25(4,5)11-20(36-14(2)29)23(37-15(3)30)26(27,6)17-10-18-16(8-9-34-18)21(22(17)19)24(31)33-7/h8-9,17,19-23,32H,10-12H2,1-7H3/t17-,19-,20-,21+,22-,23-,26-,27+/m0/s1. The number of aliphatic hydroxyl groups is 1. The van der Waals surface area contributed by atoms with Crippen LogP contribution in [0.3, 0.4) is 0 Å². The lowest BCUT2D eigenvalue weighted by molar-refractivity contribution is -0.318. The number of fused-ring (bicyclic) bond motifs is 4. The number of methoxy groups -OCH3 is 1. The van der Waals surface area contributed by atoms with Crippen LogP contribution in [0.5, 0.6) is 0 Å². The third kappa shape index (κ3) is 4.04. The second-order valence-corrected chi connectivity index (χ2v) is 11.4. The molecule has 8 atom stereocenters. The third-order valence-corrected chi connectivity index (χ3v) is 9.10. The van der Waals surface area contributed by atoms with Crippen molar-refractivity contribution in [2.45, 2.75) is 90.6 Å². The van der Waals surface area contributed by atoms with E-state index < -0.39 is 76.4 Å². The molecule has 1 heterocycles. The molecular formula is C27H36O10. The van der Waals surface area contributed by atoms with Crippen molar-refractivity contribution < 1.29 is 47.6 Å². The summed E-state index contributed by atoms with van der Waals surface area (Å²) in [6.45, 7) is 9.35. The van der Waals surface area contributed by atoms with E-state index in [2.05, 4.69) is 0 Å². The molecule has 0 unspecified atom stereocenters. The highest BCUT2D eigenvalue weighted by atomic mass is 16.6. The molecule has 0 aromatic carbocycles. The van der Waals surface area contributed by atoms with Crippen LogP contribution in [0, 0.1) is 22.7 Å². The summed E-state index contributed by atoms with van der Waals surface area (Å²) in [6, 6.07) is 1.71. The minimum absolute atomic E-state index is 0.0114. The van der Waals surface area contributed by atoms with E-state index in [1.807, 2.05) is 20.8 Å². The van der Waals surface area contributed by atoms with Crippen molar-refractivity contribution in [1.82, 2.24) is 0 Å². The molecule has 37 heavy (non-hydrogen) atoms. The lowest BCUT2D eigenvalue weighted by Crippen LogP contribution is -2.77. The summed E-state index contributed by atoms with van der Waals surface area (Å²) < 4.78 is 28.3. The van der Waals surface area contributed by atoms with Crippen LogP contribution in [0.1, 0.15) is 71.6 Å². The quantitative estimate of drug-likeness (QED) is 0.466. The first-order valence-electron chi connectivity index (χ1n) is 12.6. The first-order valence-corrected chi connectivity index (χ1v) is 12.6. The zero-order valence-electron chi connectivity index (χ0n) is 22.4. The van der Waals surface area contributed by atoms with Gasteiger partial charge in [0.15, 0.2) is 0 Å². The molecule has 3 aliphatic carbocycles. The fraction of sp³-hybridized carbons (Fsp3) is 0.704. The zero-order chi connectivity index (χ0) is 27.5. The van der Waals surface area contributed by atoms with Gasteiger partial charge in [-0.15, -0.1) is 0 Å². The van der Waals surface area contributed by atoms with Gasteiger partial charge in [-0.3, -0.25) is 19.2 Å².